The maximum absolute atomic E-state index is 12.6. The molecule has 2 heterocycles. The Morgan fingerprint density at radius 2 is 2.04 bits per heavy atom. The zero-order valence-electron chi connectivity index (χ0n) is 15.6. The van der Waals surface area contributed by atoms with E-state index in [1.807, 2.05) is 50.4 Å². The number of thioether (sulfide) groups is 1. The number of anilines is 1. The number of carbonyl (C=O) groups excluding carboxylic acids is 1. The molecular formula is C20H18N4O2S2. The van der Waals surface area contributed by atoms with E-state index in [2.05, 4.69) is 16.4 Å². The molecule has 1 amide bonds. The summed E-state index contributed by atoms with van der Waals surface area (Å²) >= 11 is 2.66. The first-order valence-corrected chi connectivity index (χ1v) is 10.5. The van der Waals surface area contributed by atoms with Crippen LogP contribution in [0.4, 0.5) is 5.00 Å². The summed E-state index contributed by atoms with van der Waals surface area (Å²) in [6.07, 6.45) is 1.81. The van der Waals surface area contributed by atoms with E-state index in [9.17, 15) is 14.9 Å². The summed E-state index contributed by atoms with van der Waals surface area (Å²) < 4.78 is 1.34. The number of benzene rings is 1. The second-order valence-electron chi connectivity index (χ2n) is 6.07. The molecule has 0 bridgehead atoms. The van der Waals surface area contributed by atoms with Crippen LogP contribution in [0.1, 0.15) is 16.0 Å². The number of carbonyl (C=O) groups is 1. The van der Waals surface area contributed by atoms with Crippen molar-refractivity contribution in [1.29, 1.82) is 5.26 Å². The minimum Gasteiger partial charge on any atom is -0.315 e. The largest absolute Gasteiger partial charge is 0.315 e. The topological polar surface area (TPSA) is 87.8 Å². The number of aromatic nitrogens is 2. The fraction of sp³-hybridized carbons (Fsp3) is 0.200. The van der Waals surface area contributed by atoms with E-state index in [-0.39, 0.29) is 18.0 Å². The van der Waals surface area contributed by atoms with Gasteiger partial charge in [-0.2, -0.15) is 5.26 Å². The van der Waals surface area contributed by atoms with Gasteiger partial charge in [0.15, 0.2) is 5.16 Å². The number of aryl methyl sites for hydroxylation is 1. The van der Waals surface area contributed by atoms with Crippen LogP contribution >= 0.6 is 23.1 Å². The highest BCUT2D eigenvalue weighted by atomic mass is 32.2. The summed E-state index contributed by atoms with van der Waals surface area (Å²) in [6, 6.07) is 13.0. The third kappa shape index (κ3) is 4.01. The molecule has 1 aromatic carbocycles. The molecular weight excluding hydrogens is 392 g/mol. The summed E-state index contributed by atoms with van der Waals surface area (Å²) in [4.78, 5) is 30.7. The van der Waals surface area contributed by atoms with Gasteiger partial charge in [0.25, 0.3) is 5.56 Å². The van der Waals surface area contributed by atoms with Crippen molar-refractivity contribution in [3.8, 4) is 17.3 Å². The number of nitrogens with one attached hydrogen (secondary N) is 1. The van der Waals surface area contributed by atoms with Crippen LogP contribution in [0.2, 0.25) is 0 Å². The molecule has 0 saturated heterocycles. The molecule has 3 aromatic rings. The van der Waals surface area contributed by atoms with Gasteiger partial charge in [0.1, 0.15) is 17.6 Å². The van der Waals surface area contributed by atoms with Crippen molar-refractivity contribution >= 4 is 34.0 Å². The summed E-state index contributed by atoms with van der Waals surface area (Å²) in [5.74, 6) is -0.371. The molecule has 3 rings (SSSR count). The van der Waals surface area contributed by atoms with Gasteiger partial charge in [-0.1, -0.05) is 42.1 Å². The van der Waals surface area contributed by atoms with Gasteiger partial charge in [0.05, 0.1) is 11.3 Å². The molecule has 0 spiro atoms. The van der Waals surface area contributed by atoms with Gasteiger partial charge in [-0.15, -0.1) is 11.3 Å². The molecule has 8 heteroatoms. The molecule has 0 unspecified atom stereocenters. The van der Waals surface area contributed by atoms with E-state index in [0.717, 1.165) is 16.0 Å². The quantitative estimate of drug-likeness (QED) is 0.510. The normalized spacial score (nSPS) is 10.5. The van der Waals surface area contributed by atoms with Crippen LogP contribution in [0.25, 0.3) is 11.3 Å². The van der Waals surface area contributed by atoms with Crippen molar-refractivity contribution in [3.05, 3.63) is 62.8 Å². The molecule has 142 valence electrons. The van der Waals surface area contributed by atoms with Crippen molar-refractivity contribution in [3.63, 3.8) is 0 Å². The fourth-order valence-corrected chi connectivity index (χ4v) is 4.29. The van der Waals surface area contributed by atoms with E-state index in [1.165, 1.54) is 33.7 Å². The van der Waals surface area contributed by atoms with Crippen LogP contribution in [-0.2, 0) is 11.3 Å². The Morgan fingerprint density at radius 3 is 2.68 bits per heavy atom. The van der Waals surface area contributed by atoms with Crippen LogP contribution in [-0.4, -0.2) is 21.7 Å². The van der Waals surface area contributed by atoms with E-state index < -0.39 is 0 Å². The monoisotopic (exact) mass is 410 g/mol. The van der Waals surface area contributed by atoms with Crippen LogP contribution in [0.5, 0.6) is 0 Å². The zero-order valence-corrected chi connectivity index (χ0v) is 17.3. The van der Waals surface area contributed by atoms with E-state index in [1.54, 1.807) is 0 Å². The summed E-state index contributed by atoms with van der Waals surface area (Å²) in [6.45, 7) is 3.58. The first-order chi connectivity index (χ1) is 13.4. The van der Waals surface area contributed by atoms with Gasteiger partial charge < -0.3 is 5.32 Å². The first-order valence-electron chi connectivity index (χ1n) is 8.45. The SMILES string of the molecule is CSc1nc(-c2ccccc2)cc(=O)n1CC(=O)Nc1sc(C)c(C)c1C#N. The standard InChI is InChI=1S/C20H18N4O2S2/c1-12-13(2)28-19(15(12)10-21)23-17(25)11-24-18(26)9-16(22-20(24)27-3)14-7-5-4-6-8-14/h4-9H,11H2,1-3H3,(H,23,25). The van der Waals surface area contributed by atoms with E-state index in [4.69, 9.17) is 0 Å². The molecule has 0 aliphatic heterocycles. The molecule has 0 atom stereocenters. The molecule has 28 heavy (non-hydrogen) atoms. The predicted octanol–water partition coefficient (Wildman–Crippen LogP) is 3.82. The highest BCUT2D eigenvalue weighted by Gasteiger charge is 2.17. The Labute approximate surface area is 170 Å². The van der Waals surface area contributed by atoms with Gasteiger partial charge in [0, 0.05) is 16.5 Å². The summed E-state index contributed by atoms with van der Waals surface area (Å²) in [7, 11) is 0. The molecule has 2 aromatic heterocycles. The minimum absolute atomic E-state index is 0.169. The second-order valence-corrected chi connectivity index (χ2v) is 8.06. The Hall–Kier alpha value is -2.89. The Morgan fingerprint density at radius 1 is 1.32 bits per heavy atom. The number of hydrogen-bond donors (Lipinski definition) is 1. The Balaban J connectivity index is 1.88. The lowest BCUT2D eigenvalue weighted by Crippen LogP contribution is -2.29. The number of nitrogens with zero attached hydrogens (tertiary/aromatic N) is 3. The van der Waals surface area contributed by atoms with E-state index >= 15 is 0 Å². The molecule has 1 N–H and O–H groups in total. The summed E-state index contributed by atoms with van der Waals surface area (Å²) in [5, 5.41) is 13.0. The maximum atomic E-state index is 12.6. The molecule has 6 nitrogen and oxygen atoms in total. The summed E-state index contributed by atoms with van der Waals surface area (Å²) in [5.41, 5.74) is 2.44. The number of nitriles is 1. The number of hydrogen-bond acceptors (Lipinski definition) is 6. The third-order valence-corrected chi connectivity index (χ3v) is 6.08. The van der Waals surface area contributed by atoms with Crippen molar-refractivity contribution in [1.82, 2.24) is 9.55 Å². The van der Waals surface area contributed by atoms with Crippen molar-refractivity contribution < 1.29 is 4.79 Å². The lowest BCUT2D eigenvalue weighted by molar-refractivity contribution is -0.116. The van der Waals surface area contributed by atoms with Crippen LogP contribution in [0, 0.1) is 25.2 Å². The number of thiophene rings is 1. The van der Waals surface area contributed by atoms with Crippen LogP contribution in [0.3, 0.4) is 0 Å². The van der Waals surface area contributed by atoms with Gasteiger partial charge in [-0.25, -0.2) is 4.98 Å². The van der Waals surface area contributed by atoms with Gasteiger partial charge in [-0.3, -0.25) is 14.2 Å². The average molecular weight is 411 g/mol. The maximum Gasteiger partial charge on any atom is 0.255 e. The van der Waals surface area contributed by atoms with Crippen molar-refractivity contribution in [2.75, 3.05) is 11.6 Å². The van der Waals surface area contributed by atoms with Crippen molar-refractivity contribution in [2.24, 2.45) is 0 Å². The smallest absolute Gasteiger partial charge is 0.255 e. The first kappa shape index (κ1) is 19.9. The minimum atomic E-state index is -0.371. The number of rotatable bonds is 5. The Kier molecular flexibility index (Phi) is 5.97. The average Bonchev–Trinajstić information content (AvgIpc) is 2.96. The molecule has 0 fully saturated rings. The van der Waals surface area contributed by atoms with Gasteiger partial charge in [-0.05, 0) is 25.7 Å². The van der Waals surface area contributed by atoms with Crippen LogP contribution < -0.4 is 10.9 Å². The van der Waals surface area contributed by atoms with Crippen LogP contribution in [0.15, 0.2) is 46.3 Å². The molecule has 0 aliphatic carbocycles. The zero-order chi connectivity index (χ0) is 20.3. The molecule has 0 saturated carbocycles. The van der Waals surface area contributed by atoms with Gasteiger partial charge >= 0.3 is 0 Å². The van der Waals surface area contributed by atoms with E-state index in [0.29, 0.717) is 21.4 Å². The fourth-order valence-electron chi connectivity index (χ4n) is 2.70. The molecule has 0 aliphatic rings. The highest BCUT2D eigenvalue weighted by molar-refractivity contribution is 7.98. The number of amides is 1. The van der Waals surface area contributed by atoms with Gasteiger partial charge in [0.2, 0.25) is 5.91 Å². The Bertz CT molecular complexity index is 1130. The predicted molar refractivity (Wildman–Crippen MR) is 113 cm³/mol. The lowest BCUT2D eigenvalue weighted by Gasteiger charge is -2.12. The third-order valence-electron chi connectivity index (χ3n) is 4.28. The second kappa shape index (κ2) is 8.42. The lowest BCUT2D eigenvalue weighted by atomic mass is 10.1. The highest BCUT2D eigenvalue weighted by Crippen LogP contribution is 2.31. The molecule has 0 radical (unpaired) electrons. The van der Waals surface area contributed by atoms with Crippen molar-refractivity contribution in [2.45, 2.75) is 25.5 Å².